The lowest BCUT2D eigenvalue weighted by Gasteiger charge is -2.34. The van der Waals surface area contributed by atoms with Gasteiger partial charge >= 0.3 is 0 Å². The molecule has 0 radical (unpaired) electrons. The molecule has 0 amide bonds. The van der Waals surface area contributed by atoms with Crippen LogP contribution < -0.4 is 0 Å². The Labute approximate surface area is 326 Å². The van der Waals surface area contributed by atoms with Crippen LogP contribution in [0.25, 0.3) is 98.5 Å². The first kappa shape index (κ1) is 31.4. The minimum atomic E-state index is 0.344. The van der Waals surface area contributed by atoms with Crippen LogP contribution in [0.2, 0.25) is 0 Å². The van der Waals surface area contributed by atoms with Gasteiger partial charge in [0.1, 0.15) is 11.2 Å². The number of fused-ring (bicyclic) bond motifs is 12. The predicted molar refractivity (Wildman–Crippen MR) is 231 cm³/mol. The summed E-state index contributed by atoms with van der Waals surface area (Å²) in [5.74, 6) is 2.59. The molecule has 3 aromatic heterocycles. The fourth-order valence-electron chi connectivity index (χ4n) is 8.89. The number of hydrogen-bond donors (Lipinski definition) is 0. The second-order valence-corrected chi connectivity index (χ2v) is 15.8. The number of para-hydroxylation sites is 1. The van der Waals surface area contributed by atoms with E-state index in [0.717, 1.165) is 44.0 Å². The third kappa shape index (κ3) is 4.88. The summed E-state index contributed by atoms with van der Waals surface area (Å²) in [6, 6.07) is 53.9. The van der Waals surface area contributed by atoms with Crippen LogP contribution in [-0.2, 0) is 0 Å². The van der Waals surface area contributed by atoms with Gasteiger partial charge in [-0.05, 0) is 75.8 Å². The van der Waals surface area contributed by atoms with Crippen molar-refractivity contribution >= 4 is 53.4 Å². The van der Waals surface area contributed by atoms with Crippen molar-refractivity contribution in [3.63, 3.8) is 0 Å². The number of allylic oxidation sites excluding steroid dienone is 4. The summed E-state index contributed by atoms with van der Waals surface area (Å²) in [5, 5.41) is 4.52. The molecule has 2 aliphatic carbocycles. The molecule has 7 aromatic carbocycles. The van der Waals surface area contributed by atoms with Crippen molar-refractivity contribution < 1.29 is 4.42 Å². The van der Waals surface area contributed by atoms with Crippen LogP contribution in [0, 0.1) is 0 Å². The molecule has 0 aliphatic heterocycles. The van der Waals surface area contributed by atoms with E-state index in [1.54, 1.807) is 0 Å². The van der Waals surface area contributed by atoms with Crippen LogP contribution in [0.15, 0.2) is 180 Å². The standard InChI is InChI=1S/C51H31N3OS/c1-2-11-30(12-3-1)49-52-50(33-22-25-40-39-17-8-9-19-44(39)55-45(40)29-33)54-51(53-49)41-18-10-20-47-48(41)43-28-32(23-26-46(43)56-47)31-21-24-38-36-15-5-4-13-34(36)35-14-6-7-16-37(35)42(38)27-31/h1-29,34,36H. The summed E-state index contributed by atoms with van der Waals surface area (Å²) in [5.41, 5.74) is 12.3. The fourth-order valence-corrected chi connectivity index (χ4v) is 10.0. The summed E-state index contributed by atoms with van der Waals surface area (Å²) in [4.78, 5) is 15.4. The van der Waals surface area contributed by atoms with Gasteiger partial charge in [0.25, 0.3) is 0 Å². The lowest BCUT2D eigenvalue weighted by Crippen LogP contribution is -2.16. The highest BCUT2D eigenvalue weighted by atomic mass is 32.1. The number of rotatable bonds is 4. The minimum Gasteiger partial charge on any atom is -0.456 e. The third-order valence-corrected chi connectivity index (χ3v) is 12.7. The maximum Gasteiger partial charge on any atom is 0.164 e. The Kier molecular flexibility index (Phi) is 6.89. The van der Waals surface area contributed by atoms with E-state index in [2.05, 4.69) is 140 Å². The van der Waals surface area contributed by atoms with Gasteiger partial charge in [-0.25, -0.2) is 15.0 Å². The average Bonchev–Trinajstić information content (AvgIpc) is 3.84. The highest BCUT2D eigenvalue weighted by Gasteiger charge is 2.31. The van der Waals surface area contributed by atoms with Crippen molar-refractivity contribution in [2.45, 2.75) is 11.8 Å². The number of furan rings is 1. The topological polar surface area (TPSA) is 51.8 Å². The van der Waals surface area contributed by atoms with Gasteiger partial charge in [-0.15, -0.1) is 11.3 Å². The molecule has 0 bridgehead atoms. The monoisotopic (exact) mass is 733 g/mol. The molecule has 56 heavy (non-hydrogen) atoms. The van der Waals surface area contributed by atoms with Crippen molar-refractivity contribution in [2.24, 2.45) is 0 Å². The summed E-state index contributed by atoms with van der Waals surface area (Å²) in [6.45, 7) is 0. The smallest absolute Gasteiger partial charge is 0.164 e. The molecule has 0 fully saturated rings. The highest BCUT2D eigenvalue weighted by Crippen LogP contribution is 2.50. The Balaban J connectivity index is 1.02. The normalized spacial score (nSPS) is 15.7. The van der Waals surface area contributed by atoms with E-state index < -0.39 is 0 Å². The van der Waals surface area contributed by atoms with Gasteiger partial charge in [0, 0.05) is 59.5 Å². The van der Waals surface area contributed by atoms with Gasteiger partial charge in [-0.1, -0.05) is 133 Å². The van der Waals surface area contributed by atoms with Crippen molar-refractivity contribution in [1.82, 2.24) is 15.0 Å². The summed E-state index contributed by atoms with van der Waals surface area (Å²) < 4.78 is 8.71. The molecule has 2 atom stereocenters. The second-order valence-electron chi connectivity index (χ2n) is 14.7. The number of benzene rings is 7. The molecule has 0 saturated heterocycles. The van der Waals surface area contributed by atoms with Crippen molar-refractivity contribution in [3.8, 4) is 56.4 Å². The molecule has 262 valence electrons. The van der Waals surface area contributed by atoms with E-state index >= 15 is 0 Å². The van der Waals surface area contributed by atoms with Gasteiger partial charge in [0.2, 0.25) is 0 Å². The Morgan fingerprint density at radius 2 is 1.09 bits per heavy atom. The van der Waals surface area contributed by atoms with E-state index in [1.165, 1.54) is 48.2 Å². The largest absolute Gasteiger partial charge is 0.456 e. The van der Waals surface area contributed by atoms with E-state index in [-0.39, 0.29) is 0 Å². The van der Waals surface area contributed by atoms with Crippen LogP contribution >= 0.6 is 11.3 Å². The lowest BCUT2D eigenvalue weighted by atomic mass is 9.69. The highest BCUT2D eigenvalue weighted by molar-refractivity contribution is 7.26. The van der Waals surface area contributed by atoms with E-state index in [4.69, 9.17) is 19.4 Å². The number of aromatic nitrogens is 3. The molecule has 2 unspecified atom stereocenters. The second kappa shape index (κ2) is 12.3. The molecule has 0 spiro atoms. The van der Waals surface area contributed by atoms with Crippen molar-refractivity contribution in [3.05, 3.63) is 187 Å². The predicted octanol–water partition coefficient (Wildman–Crippen LogP) is 13.8. The molecule has 2 aliphatic rings. The Bertz CT molecular complexity index is 3280. The van der Waals surface area contributed by atoms with Gasteiger partial charge in [0.05, 0.1) is 0 Å². The number of thiophene rings is 1. The van der Waals surface area contributed by atoms with E-state index in [1.807, 2.05) is 47.7 Å². The molecule has 12 rings (SSSR count). The van der Waals surface area contributed by atoms with Crippen LogP contribution in [-0.4, -0.2) is 15.0 Å². The quantitative estimate of drug-likeness (QED) is 0.181. The summed E-state index contributed by atoms with van der Waals surface area (Å²) in [6.07, 6.45) is 9.09. The Morgan fingerprint density at radius 1 is 0.411 bits per heavy atom. The van der Waals surface area contributed by atoms with Gasteiger partial charge in [-0.3, -0.25) is 0 Å². The van der Waals surface area contributed by atoms with Crippen LogP contribution in [0.4, 0.5) is 0 Å². The lowest BCUT2D eigenvalue weighted by molar-refractivity contribution is 0.669. The molecule has 4 nitrogen and oxygen atoms in total. The number of nitrogens with zero attached hydrogens (tertiary/aromatic N) is 3. The number of hydrogen-bond acceptors (Lipinski definition) is 5. The minimum absolute atomic E-state index is 0.344. The zero-order valence-electron chi connectivity index (χ0n) is 30.1. The molecular weight excluding hydrogens is 703 g/mol. The molecule has 5 heteroatoms. The molecule has 0 saturated carbocycles. The van der Waals surface area contributed by atoms with Gasteiger partial charge in [0.15, 0.2) is 17.5 Å². The first-order valence-electron chi connectivity index (χ1n) is 19.0. The zero-order valence-corrected chi connectivity index (χ0v) is 30.9. The third-order valence-electron chi connectivity index (χ3n) is 11.5. The van der Waals surface area contributed by atoms with Gasteiger partial charge < -0.3 is 4.42 Å². The molecular formula is C51H31N3OS. The Morgan fingerprint density at radius 3 is 1.98 bits per heavy atom. The van der Waals surface area contributed by atoms with Crippen molar-refractivity contribution in [2.75, 3.05) is 0 Å². The van der Waals surface area contributed by atoms with E-state index in [9.17, 15) is 0 Å². The molecule has 10 aromatic rings. The van der Waals surface area contributed by atoms with Crippen molar-refractivity contribution in [1.29, 1.82) is 0 Å². The summed E-state index contributed by atoms with van der Waals surface area (Å²) >= 11 is 1.81. The Hall–Kier alpha value is -6.95. The summed E-state index contributed by atoms with van der Waals surface area (Å²) in [7, 11) is 0. The van der Waals surface area contributed by atoms with E-state index in [0.29, 0.717) is 29.3 Å². The van der Waals surface area contributed by atoms with Crippen LogP contribution in [0.3, 0.4) is 0 Å². The van der Waals surface area contributed by atoms with Gasteiger partial charge in [-0.2, -0.15) is 0 Å². The molecule has 3 heterocycles. The van der Waals surface area contributed by atoms with Crippen LogP contribution in [0.5, 0.6) is 0 Å². The SMILES string of the molecule is C1=CC2c3ccccc3-c3cc(-c4ccc5sc6cccc(-c7nc(-c8ccccc8)nc(-c8ccc9c(c8)oc8ccccc89)n7)c6c5c4)ccc3C2C=C1. The maximum atomic E-state index is 6.28. The zero-order chi connectivity index (χ0) is 36.7. The molecule has 0 N–H and O–H groups in total. The maximum absolute atomic E-state index is 6.28. The fraction of sp³-hybridized carbons (Fsp3) is 0.0392. The first-order valence-corrected chi connectivity index (χ1v) is 19.8. The average molecular weight is 734 g/mol. The van der Waals surface area contributed by atoms with Crippen LogP contribution in [0.1, 0.15) is 23.0 Å². The first-order chi connectivity index (χ1) is 27.7.